The maximum absolute atomic E-state index is 11.6. The number of hydrogen-bond donors (Lipinski definition) is 1. The molecule has 1 aliphatic rings. The third kappa shape index (κ3) is 2.71. The van der Waals surface area contributed by atoms with Crippen LogP contribution in [0.1, 0.15) is 19.8 Å². The second kappa shape index (κ2) is 4.83. The van der Waals surface area contributed by atoms with E-state index in [1.807, 2.05) is 11.0 Å². The van der Waals surface area contributed by atoms with Gasteiger partial charge in [-0.25, -0.2) is 0 Å². The molecule has 4 heteroatoms. The van der Waals surface area contributed by atoms with E-state index in [1.54, 1.807) is 6.92 Å². The Balaban J connectivity index is 2.33. The zero-order valence-corrected chi connectivity index (χ0v) is 7.92. The van der Waals surface area contributed by atoms with Crippen molar-refractivity contribution >= 4 is 5.91 Å². The van der Waals surface area contributed by atoms with Crippen molar-refractivity contribution in [2.24, 2.45) is 0 Å². The third-order valence-corrected chi connectivity index (χ3v) is 2.28. The van der Waals surface area contributed by atoms with Crippen molar-refractivity contribution in [2.45, 2.75) is 25.8 Å². The van der Waals surface area contributed by atoms with Crippen LogP contribution in [-0.2, 0) is 4.79 Å². The van der Waals surface area contributed by atoms with Gasteiger partial charge in [-0.3, -0.25) is 10.1 Å². The van der Waals surface area contributed by atoms with Gasteiger partial charge in [0.25, 0.3) is 0 Å². The van der Waals surface area contributed by atoms with E-state index in [4.69, 9.17) is 5.26 Å². The number of carbonyl (C=O) groups excluding carboxylic acids is 1. The maximum atomic E-state index is 11.6. The van der Waals surface area contributed by atoms with Crippen LogP contribution in [0.4, 0.5) is 0 Å². The van der Waals surface area contributed by atoms with Crippen molar-refractivity contribution in [3.63, 3.8) is 0 Å². The van der Waals surface area contributed by atoms with Gasteiger partial charge in [-0.05, 0) is 19.8 Å². The maximum Gasteiger partial charge on any atom is 0.239 e. The fourth-order valence-electron chi connectivity index (χ4n) is 1.50. The summed E-state index contributed by atoms with van der Waals surface area (Å²) < 4.78 is 0. The molecule has 0 aromatic heterocycles. The molecule has 0 bridgehead atoms. The molecule has 1 aliphatic heterocycles. The molecule has 1 atom stereocenters. The van der Waals surface area contributed by atoms with Crippen LogP contribution < -0.4 is 5.32 Å². The first-order chi connectivity index (χ1) is 6.25. The molecule has 0 spiro atoms. The van der Waals surface area contributed by atoms with Crippen LogP contribution in [-0.4, -0.2) is 36.5 Å². The van der Waals surface area contributed by atoms with Gasteiger partial charge in [-0.2, -0.15) is 5.26 Å². The van der Waals surface area contributed by atoms with Crippen LogP contribution in [0.3, 0.4) is 0 Å². The fourth-order valence-corrected chi connectivity index (χ4v) is 1.50. The zero-order valence-electron chi connectivity index (χ0n) is 7.92. The van der Waals surface area contributed by atoms with Crippen molar-refractivity contribution in [1.29, 1.82) is 5.26 Å². The van der Waals surface area contributed by atoms with E-state index in [2.05, 4.69) is 5.32 Å². The van der Waals surface area contributed by atoms with Gasteiger partial charge in [-0.1, -0.05) is 0 Å². The normalized spacial score (nSPS) is 18.3. The van der Waals surface area contributed by atoms with Crippen molar-refractivity contribution in [2.75, 3.05) is 19.6 Å². The number of likely N-dealkylation sites (tertiary alicyclic amines) is 1. The van der Waals surface area contributed by atoms with Crippen LogP contribution in [0, 0.1) is 11.3 Å². The molecule has 1 amide bonds. The molecule has 0 aromatic rings. The first-order valence-electron chi connectivity index (χ1n) is 4.65. The minimum atomic E-state index is -0.224. The lowest BCUT2D eigenvalue weighted by Gasteiger charge is -2.20. The summed E-state index contributed by atoms with van der Waals surface area (Å²) in [4.78, 5) is 13.5. The predicted octanol–water partition coefficient (Wildman–Crippen LogP) is 0.110. The first kappa shape index (κ1) is 10.0. The number of hydrogen-bond acceptors (Lipinski definition) is 3. The summed E-state index contributed by atoms with van der Waals surface area (Å²) in [5, 5.41) is 11.2. The summed E-state index contributed by atoms with van der Waals surface area (Å²) in [5.74, 6) is 0.118. The molecule has 1 rings (SSSR count). The molecular weight excluding hydrogens is 166 g/mol. The highest BCUT2D eigenvalue weighted by Gasteiger charge is 2.22. The standard InChI is InChI=1S/C9H15N3O/c1-8(11-5-4-10)9(13)12-6-2-3-7-12/h8,11H,2-3,5-7H2,1H3. The molecular formula is C9H15N3O. The summed E-state index contributed by atoms with van der Waals surface area (Å²) in [6.07, 6.45) is 2.22. The highest BCUT2D eigenvalue weighted by molar-refractivity contribution is 5.81. The number of carbonyl (C=O) groups is 1. The van der Waals surface area contributed by atoms with Gasteiger partial charge in [0.15, 0.2) is 0 Å². The molecule has 0 radical (unpaired) electrons. The van der Waals surface area contributed by atoms with E-state index in [0.29, 0.717) is 0 Å². The summed E-state index contributed by atoms with van der Waals surface area (Å²) >= 11 is 0. The lowest BCUT2D eigenvalue weighted by atomic mass is 10.3. The van der Waals surface area contributed by atoms with Gasteiger partial charge in [-0.15, -0.1) is 0 Å². The quantitative estimate of drug-likeness (QED) is 0.629. The first-order valence-corrected chi connectivity index (χ1v) is 4.65. The van der Waals surface area contributed by atoms with Gasteiger partial charge in [0, 0.05) is 13.1 Å². The van der Waals surface area contributed by atoms with E-state index >= 15 is 0 Å². The Morgan fingerprint density at radius 3 is 2.77 bits per heavy atom. The topological polar surface area (TPSA) is 56.1 Å². The fraction of sp³-hybridized carbons (Fsp3) is 0.778. The minimum absolute atomic E-state index is 0.118. The Kier molecular flexibility index (Phi) is 3.71. The molecule has 1 heterocycles. The van der Waals surface area contributed by atoms with Gasteiger partial charge < -0.3 is 4.90 Å². The molecule has 0 aromatic carbocycles. The van der Waals surface area contributed by atoms with Crippen LogP contribution >= 0.6 is 0 Å². The minimum Gasteiger partial charge on any atom is -0.341 e. The average molecular weight is 181 g/mol. The molecule has 4 nitrogen and oxygen atoms in total. The summed E-state index contributed by atoms with van der Waals surface area (Å²) in [6, 6.07) is 1.74. The van der Waals surface area contributed by atoms with Crippen molar-refractivity contribution < 1.29 is 4.79 Å². The molecule has 0 saturated carbocycles. The van der Waals surface area contributed by atoms with Gasteiger partial charge in [0.05, 0.1) is 18.7 Å². The molecule has 0 aliphatic carbocycles. The molecule has 13 heavy (non-hydrogen) atoms. The highest BCUT2D eigenvalue weighted by Crippen LogP contribution is 2.08. The van der Waals surface area contributed by atoms with Crippen molar-refractivity contribution in [3.8, 4) is 6.07 Å². The monoisotopic (exact) mass is 181 g/mol. The molecule has 1 N–H and O–H groups in total. The van der Waals surface area contributed by atoms with Crippen LogP contribution in [0.5, 0.6) is 0 Å². The second-order valence-electron chi connectivity index (χ2n) is 3.29. The molecule has 1 unspecified atom stereocenters. The third-order valence-electron chi connectivity index (χ3n) is 2.28. The van der Waals surface area contributed by atoms with Crippen molar-refractivity contribution in [1.82, 2.24) is 10.2 Å². The number of amides is 1. The number of nitriles is 1. The van der Waals surface area contributed by atoms with Gasteiger partial charge in [0.2, 0.25) is 5.91 Å². The number of rotatable bonds is 3. The second-order valence-corrected chi connectivity index (χ2v) is 3.29. The van der Waals surface area contributed by atoms with E-state index in [0.717, 1.165) is 25.9 Å². The van der Waals surface area contributed by atoms with Crippen LogP contribution in [0.15, 0.2) is 0 Å². The molecule has 1 fully saturated rings. The van der Waals surface area contributed by atoms with Crippen LogP contribution in [0.25, 0.3) is 0 Å². The highest BCUT2D eigenvalue weighted by atomic mass is 16.2. The molecule has 1 saturated heterocycles. The van der Waals surface area contributed by atoms with E-state index in [9.17, 15) is 4.79 Å². The van der Waals surface area contributed by atoms with E-state index < -0.39 is 0 Å². The Morgan fingerprint density at radius 2 is 2.23 bits per heavy atom. The largest absolute Gasteiger partial charge is 0.341 e. The molecule has 72 valence electrons. The SMILES string of the molecule is CC(NCC#N)C(=O)N1CCCC1. The van der Waals surface area contributed by atoms with E-state index in [-0.39, 0.29) is 18.5 Å². The lowest BCUT2D eigenvalue weighted by Crippen LogP contribution is -2.43. The Labute approximate surface area is 78.5 Å². The Hall–Kier alpha value is -1.08. The summed E-state index contributed by atoms with van der Waals surface area (Å²) in [6.45, 7) is 3.79. The number of nitrogens with one attached hydrogen (secondary N) is 1. The predicted molar refractivity (Wildman–Crippen MR) is 48.9 cm³/mol. The average Bonchev–Trinajstić information content (AvgIpc) is 2.65. The number of nitrogens with zero attached hydrogens (tertiary/aromatic N) is 2. The Bertz CT molecular complexity index is 215. The van der Waals surface area contributed by atoms with Crippen molar-refractivity contribution in [3.05, 3.63) is 0 Å². The van der Waals surface area contributed by atoms with Gasteiger partial charge >= 0.3 is 0 Å². The lowest BCUT2D eigenvalue weighted by molar-refractivity contribution is -0.131. The van der Waals surface area contributed by atoms with Gasteiger partial charge in [0.1, 0.15) is 0 Å². The smallest absolute Gasteiger partial charge is 0.239 e. The zero-order chi connectivity index (χ0) is 9.68. The summed E-state index contributed by atoms with van der Waals surface area (Å²) in [5.41, 5.74) is 0. The van der Waals surface area contributed by atoms with Crippen LogP contribution in [0.2, 0.25) is 0 Å². The van der Waals surface area contributed by atoms with E-state index in [1.165, 1.54) is 0 Å². The Morgan fingerprint density at radius 1 is 1.62 bits per heavy atom. The summed E-state index contributed by atoms with van der Waals surface area (Å²) in [7, 11) is 0.